The van der Waals surface area contributed by atoms with E-state index in [2.05, 4.69) is 19.1 Å². The second kappa shape index (κ2) is 12.4. The largest absolute Gasteiger partial charge is 0.465 e. The Kier molecular flexibility index (Phi) is 10.8. The van der Waals surface area contributed by atoms with Crippen LogP contribution in [0.5, 0.6) is 5.75 Å². The van der Waals surface area contributed by atoms with Crippen molar-refractivity contribution in [3.05, 3.63) is 29.8 Å². The highest BCUT2D eigenvalue weighted by Crippen LogP contribution is 2.26. The van der Waals surface area contributed by atoms with Gasteiger partial charge in [-0.25, -0.2) is 0 Å². The molecule has 1 saturated carbocycles. The van der Waals surface area contributed by atoms with E-state index < -0.39 is 0 Å². The van der Waals surface area contributed by atoms with Crippen molar-refractivity contribution in [2.45, 2.75) is 85.4 Å². The first-order valence-electron chi connectivity index (χ1n) is 9.65. The average Bonchev–Trinajstić information content (AvgIpc) is 2.60. The minimum Gasteiger partial charge on any atom is -0.465 e. The summed E-state index contributed by atoms with van der Waals surface area (Å²) < 4.78 is 11.6. The van der Waals surface area contributed by atoms with Gasteiger partial charge in [0, 0.05) is 0 Å². The first-order valence-corrected chi connectivity index (χ1v) is 9.65. The molecule has 0 N–H and O–H groups in total. The van der Waals surface area contributed by atoms with Gasteiger partial charge in [-0.2, -0.15) is 0 Å². The molecule has 0 heterocycles. The Morgan fingerprint density at radius 1 is 1.04 bits per heavy atom. The molecular formula is C21H36O2. The van der Waals surface area contributed by atoms with Crippen LogP contribution in [0, 0.1) is 5.92 Å². The Bertz CT molecular complexity index is 379. The molecule has 1 aromatic carbocycles. The molecule has 1 atom stereocenters. The van der Waals surface area contributed by atoms with Gasteiger partial charge in [-0.05, 0) is 43.4 Å². The van der Waals surface area contributed by atoms with Crippen LogP contribution in [0.4, 0.5) is 0 Å². The van der Waals surface area contributed by atoms with Gasteiger partial charge in [-0.1, -0.05) is 71.4 Å². The fraction of sp³-hybridized carbons (Fsp3) is 0.714. The van der Waals surface area contributed by atoms with Gasteiger partial charge in [-0.15, -0.1) is 0 Å². The SMILES string of the molecule is CC.CCCc1ccc(OC(C)OCCC2CCCCC2)cc1. The maximum absolute atomic E-state index is 5.81. The van der Waals surface area contributed by atoms with Gasteiger partial charge in [0.2, 0.25) is 0 Å². The maximum Gasteiger partial charge on any atom is 0.196 e. The molecule has 1 fully saturated rings. The van der Waals surface area contributed by atoms with Gasteiger partial charge in [0.25, 0.3) is 0 Å². The molecule has 0 spiro atoms. The third-order valence-electron chi connectivity index (χ3n) is 4.37. The standard InChI is InChI=1S/C19H30O2.C2H6/c1-3-7-17-10-12-19(13-11-17)21-16(2)20-15-14-18-8-5-4-6-9-18;1-2/h10-13,16,18H,3-9,14-15H2,1-2H3;1-2H3. The average molecular weight is 321 g/mol. The van der Waals surface area contributed by atoms with Crippen LogP contribution in [0.25, 0.3) is 0 Å². The van der Waals surface area contributed by atoms with E-state index in [1.165, 1.54) is 50.5 Å². The summed E-state index contributed by atoms with van der Waals surface area (Å²) in [6, 6.07) is 8.39. The zero-order valence-electron chi connectivity index (χ0n) is 15.6. The third-order valence-corrected chi connectivity index (χ3v) is 4.37. The number of aryl methyl sites for hydroxylation is 1. The topological polar surface area (TPSA) is 18.5 Å². The fourth-order valence-corrected chi connectivity index (χ4v) is 3.13. The molecule has 0 bridgehead atoms. The van der Waals surface area contributed by atoms with Crippen LogP contribution < -0.4 is 4.74 Å². The van der Waals surface area contributed by atoms with Crippen molar-refractivity contribution in [1.82, 2.24) is 0 Å². The molecule has 132 valence electrons. The summed E-state index contributed by atoms with van der Waals surface area (Å²) in [7, 11) is 0. The molecule has 1 aliphatic rings. The van der Waals surface area contributed by atoms with Crippen LogP contribution in [0.2, 0.25) is 0 Å². The van der Waals surface area contributed by atoms with Crippen molar-refractivity contribution in [2.75, 3.05) is 6.61 Å². The number of hydrogen-bond donors (Lipinski definition) is 0. The molecular weight excluding hydrogens is 284 g/mol. The Balaban J connectivity index is 0.00000127. The predicted molar refractivity (Wildman–Crippen MR) is 99.0 cm³/mol. The lowest BCUT2D eigenvalue weighted by atomic mass is 9.87. The van der Waals surface area contributed by atoms with Gasteiger partial charge >= 0.3 is 0 Å². The molecule has 1 aromatic rings. The highest BCUT2D eigenvalue weighted by molar-refractivity contribution is 5.27. The quantitative estimate of drug-likeness (QED) is 0.518. The summed E-state index contributed by atoms with van der Waals surface area (Å²) in [5.41, 5.74) is 1.37. The van der Waals surface area contributed by atoms with E-state index in [-0.39, 0.29) is 6.29 Å². The number of ether oxygens (including phenoxy) is 2. The monoisotopic (exact) mass is 320 g/mol. The van der Waals surface area contributed by atoms with E-state index in [9.17, 15) is 0 Å². The van der Waals surface area contributed by atoms with Crippen LogP contribution >= 0.6 is 0 Å². The molecule has 2 nitrogen and oxygen atoms in total. The Morgan fingerprint density at radius 2 is 1.70 bits per heavy atom. The molecule has 0 aromatic heterocycles. The highest BCUT2D eigenvalue weighted by atomic mass is 16.7. The van der Waals surface area contributed by atoms with Crippen LogP contribution in [-0.4, -0.2) is 12.9 Å². The zero-order chi connectivity index (χ0) is 16.9. The minimum atomic E-state index is -0.161. The summed E-state index contributed by atoms with van der Waals surface area (Å²) >= 11 is 0. The van der Waals surface area contributed by atoms with Crippen molar-refractivity contribution < 1.29 is 9.47 Å². The molecule has 0 saturated heterocycles. The highest BCUT2D eigenvalue weighted by Gasteiger charge is 2.13. The van der Waals surface area contributed by atoms with Crippen molar-refractivity contribution in [3.8, 4) is 5.75 Å². The number of benzene rings is 1. The summed E-state index contributed by atoms with van der Waals surface area (Å²) in [4.78, 5) is 0. The summed E-state index contributed by atoms with van der Waals surface area (Å²) in [6.07, 6.45) is 10.3. The summed E-state index contributed by atoms with van der Waals surface area (Å²) in [5.74, 6) is 1.78. The van der Waals surface area contributed by atoms with Crippen molar-refractivity contribution >= 4 is 0 Å². The van der Waals surface area contributed by atoms with E-state index in [0.717, 1.165) is 24.7 Å². The lowest BCUT2D eigenvalue weighted by Crippen LogP contribution is -2.19. The molecule has 2 heteroatoms. The summed E-state index contributed by atoms with van der Waals surface area (Å²) in [5, 5.41) is 0. The molecule has 0 radical (unpaired) electrons. The predicted octanol–water partition coefficient (Wildman–Crippen LogP) is 6.38. The molecule has 1 aliphatic carbocycles. The third kappa shape index (κ3) is 8.41. The van der Waals surface area contributed by atoms with Crippen LogP contribution in [0.15, 0.2) is 24.3 Å². The van der Waals surface area contributed by atoms with Crippen molar-refractivity contribution in [3.63, 3.8) is 0 Å². The van der Waals surface area contributed by atoms with Gasteiger partial charge in [0.05, 0.1) is 6.61 Å². The molecule has 23 heavy (non-hydrogen) atoms. The van der Waals surface area contributed by atoms with Gasteiger partial charge in [-0.3, -0.25) is 0 Å². The van der Waals surface area contributed by atoms with E-state index >= 15 is 0 Å². The first-order chi connectivity index (χ1) is 11.3. The Labute approximate surface area is 143 Å². The van der Waals surface area contributed by atoms with E-state index in [4.69, 9.17) is 9.47 Å². The lowest BCUT2D eigenvalue weighted by molar-refractivity contribution is -0.0711. The van der Waals surface area contributed by atoms with Crippen molar-refractivity contribution in [2.24, 2.45) is 5.92 Å². The Hall–Kier alpha value is -1.02. The second-order valence-corrected chi connectivity index (χ2v) is 6.24. The van der Waals surface area contributed by atoms with Crippen molar-refractivity contribution in [1.29, 1.82) is 0 Å². The van der Waals surface area contributed by atoms with Crippen LogP contribution in [0.1, 0.15) is 78.2 Å². The van der Waals surface area contributed by atoms with Gasteiger partial charge < -0.3 is 9.47 Å². The molecule has 1 unspecified atom stereocenters. The van der Waals surface area contributed by atoms with E-state index in [1.54, 1.807) is 0 Å². The zero-order valence-corrected chi connectivity index (χ0v) is 15.6. The normalized spacial score (nSPS) is 16.3. The van der Waals surface area contributed by atoms with E-state index in [0.29, 0.717) is 0 Å². The minimum absolute atomic E-state index is 0.161. The molecule has 2 rings (SSSR count). The molecule has 0 aliphatic heterocycles. The number of hydrogen-bond acceptors (Lipinski definition) is 2. The fourth-order valence-electron chi connectivity index (χ4n) is 3.13. The number of rotatable bonds is 8. The van der Waals surface area contributed by atoms with Gasteiger partial charge in [0.15, 0.2) is 6.29 Å². The van der Waals surface area contributed by atoms with E-state index in [1.807, 2.05) is 32.9 Å². The lowest BCUT2D eigenvalue weighted by Gasteiger charge is -2.22. The maximum atomic E-state index is 5.81. The Morgan fingerprint density at radius 3 is 2.30 bits per heavy atom. The smallest absolute Gasteiger partial charge is 0.196 e. The van der Waals surface area contributed by atoms with Crippen LogP contribution in [-0.2, 0) is 11.2 Å². The summed E-state index contributed by atoms with van der Waals surface area (Å²) in [6.45, 7) is 9.01. The van der Waals surface area contributed by atoms with Gasteiger partial charge in [0.1, 0.15) is 5.75 Å². The first kappa shape index (κ1) is 20.0. The van der Waals surface area contributed by atoms with Crippen LogP contribution in [0.3, 0.4) is 0 Å². The second-order valence-electron chi connectivity index (χ2n) is 6.24. The molecule has 0 amide bonds.